The molecule has 76 valence electrons. The molecule has 0 radical (unpaired) electrons. The number of ketones is 1. The van der Waals surface area contributed by atoms with Crippen LogP contribution in [0.25, 0.3) is 0 Å². The van der Waals surface area contributed by atoms with Crippen molar-refractivity contribution in [2.75, 3.05) is 0 Å². The van der Waals surface area contributed by atoms with Gasteiger partial charge in [0.15, 0.2) is 0 Å². The molecule has 1 saturated carbocycles. The van der Waals surface area contributed by atoms with Crippen molar-refractivity contribution >= 4 is 21.7 Å². The molecule has 1 aliphatic rings. The van der Waals surface area contributed by atoms with Gasteiger partial charge < -0.3 is 0 Å². The summed E-state index contributed by atoms with van der Waals surface area (Å²) in [4.78, 5) is 10.9. The Labute approximate surface area is 94.8 Å². The van der Waals surface area contributed by atoms with E-state index in [2.05, 4.69) is 15.9 Å². The van der Waals surface area contributed by atoms with E-state index in [1.165, 1.54) is 6.07 Å². The lowest BCUT2D eigenvalue weighted by molar-refractivity contribution is -0.126. The van der Waals surface area contributed by atoms with Crippen molar-refractivity contribution in [3.05, 3.63) is 34.1 Å². The van der Waals surface area contributed by atoms with E-state index in [9.17, 15) is 9.18 Å². The number of Topliss-reactive ketones (excluding diaryl/α,β-unsaturated/α-hetero) is 1. The van der Waals surface area contributed by atoms with E-state index in [0.29, 0.717) is 10.0 Å². The highest BCUT2D eigenvalue weighted by atomic mass is 79.9. The number of carbonyl (C=O) groups excluding carboxylic acids is 1. The maximum Gasteiger partial charge on any atom is 0.136 e. The normalized spacial score (nSPS) is 18.1. The van der Waals surface area contributed by atoms with Gasteiger partial charge >= 0.3 is 0 Å². The summed E-state index contributed by atoms with van der Waals surface area (Å²) >= 11 is 3.15. The van der Waals surface area contributed by atoms with Crippen LogP contribution in [0.2, 0.25) is 0 Å². The van der Waals surface area contributed by atoms with Crippen molar-refractivity contribution in [1.29, 1.82) is 5.26 Å². The van der Waals surface area contributed by atoms with Gasteiger partial charge in [-0.2, -0.15) is 5.26 Å². The van der Waals surface area contributed by atoms with Gasteiger partial charge in [0.1, 0.15) is 11.6 Å². The Hall–Kier alpha value is -1.21. The molecule has 0 N–H and O–H groups in total. The number of rotatable bonds is 1. The standard InChI is InChI=1S/C11H7BrFNO/c12-7-1-2-9(10(13)3-7)11(6-14)4-8(15)5-11/h1-3H,4-5H2. The zero-order valence-corrected chi connectivity index (χ0v) is 9.34. The minimum absolute atomic E-state index is 0.0128. The highest BCUT2D eigenvalue weighted by Crippen LogP contribution is 2.42. The molecule has 0 heterocycles. The summed E-state index contributed by atoms with van der Waals surface area (Å²) in [6.45, 7) is 0. The number of nitrogens with zero attached hydrogens (tertiary/aromatic N) is 1. The Bertz CT molecular complexity index is 470. The zero-order chi connectivity index (χ0) is 11.1. The highest BCUT2D eigenvalue weighted by molar-refractivity contribution is 9.10. The lowest BCUT2D eigenvalue weighted by atomic mass is 9.64. The Morgan fingerprint density at radius 2 is 2.13 bits per heavy atom. The first-order valence-electron chi connectivity index (χ1n) is 4.46. The van der Waals surface area contributed by atoms with Gasteiger partial charge in [-0.25, -0.2) is 4.39 Å². The predicted molar refractivity (Wildman–Crippen MR) is 55.6 cm³/mol. The molecule has 0 bridgehead atoms. The molecule has 0 aromatic heterocycles. The summed E-state index contributed by atoms with van der Waals surface area (Å²) in [6.07, 6.45) is 0.254. The van der Waals surface area contributed by atoms with Crippen LogP contribution in [0, 0.1) is 17.1 Å². The molecule has 15 heavy (non-hydrogen) atoms. The van der Waals surface area contributed by atoms with E-state index in [1.54, 1.807) is 12.1 Å². The lowest BCUT2D eigenvalue weighted by Crippen LogP contribution is -2.41. The summed E-state index contributed by atoms with van der Waals surface area (Å²) in [6, 6.07) is 6.61. The molecule has 0 saturated heterocycles. The van der Waals surface area contributed by atoms with Gasteiger partial charge in [-0.05, 0) is 12.1 Å². The fourth-order valence-electron chi connectivity index (χ4n) is 1.83. The molecule has 0 spiro atoms. The summed E-state index contributed by atoms with van der Waals surface area (Å²) < 4.78 is 14.2. The zero-order valence-electron chi connectivity index (χ0n) is 7.76. The van der Waals surface area contributed by atoms with E-state index < -0.39 is 11.2 Å². The molecule has 0 unspecified atom stereocenters. The number of nitriles is 1. The molecule has 1 fully saturated rings. The lowest BCUT2D eigenvalue weighted by Gasteiger charge is -2.34. The van der Waals surface area contributed by atoms with Crippen LogP contribution in [-0.2, 0) is 10.2 Å². The molecule has 1 aromatic carbocycles. The van der Waals surface area contributed by atoms with Gasteiger partial charge in [-0.3, -0.25) is 4.79 Å². The molecule has 2 nitrogen and oxygen atoms in total. The van der Waals surface area contributed by atoms with Crippen molar-refractivity contribution in [1.82, 2.24) is 0 Å². The van der Waals surface area contributed by atoms with Crippen molar-refractivity contribution < 1.29 is 9.18 Å². The fourth-order valence-corrected chi connectivity index (χ4v) is 2.16. The third-order valence-electron chi connectivity index (χ3n) is 2.66. The smallest absolute Gasteiger partial charge is 0.136 e. The van der Waals surface area contributed by atoms with Crippen LogP contribution >= 0.6 is 15.9 Å². The van der Waals surface area contributed by atoms with E-state index in [1.807, 2.05) is 6.07 Å². The minimum atomic E-state index is -0.929. The fraction of sp³-hybridized carbons (Fsp3) is 0.273. The second-order valence-corrected chi connectivity index (χ2v) is 4.63. The van der Waals surface area contributed by atoms with Crippen LogP contribution in [0.5, 0.6) is 0 Å². The third kappa shape index (κ3) is 1.57. The first-order valence-corrected chi connectivity index (χ1v) is 5.25. The number of hydrogen-bond acceptors (Lipinski definition) is 2. The van der Waals surface area contributed by atoms with Gasteiger partial charge in [0.2, 0.25) is 0 Å². The van der Waals surface area contributed by atoms with Crippen LogP contribution in [0.3, 0.4) is 0 Å². The second kappa shape index (κ2) is 3.42. The summed E-state index contributed by atoms with van der Waals surface area (Å²) in [5.74, 6) is -0.419. The first kappa shape index (κ1) is 10.3. The van der Waals surface area contributed by atoms with Gasteiger partial charge in [0.25, 0.3) is 0 Å². The average molecular weight is 268 g/mol. The largest absolute Gasteiger partial charge is 0.300 e. The minimum Gasteiger partial charge on any atom is -0.300 e. The van der Waals surface area contributed by atoms with Crippen molar-refractivity contribution in [2.45, 2.75) is 18.3 Å². The quantitative estimate of drug-likeness (QED) is 0.785. The van der Waals surface area contributed by atoms with Crippen LogP contribution in [0.4, 0.5) is 4.39 Å². The van der Waals surface area contributed by atoms with Gasteiger partial charge in [0, 0.05) is 22.9 Å². The molecular weight excluding hydrogens is 261 g/mol. The topological polar surface area (TPSA) is 40.9 Å². The predicted octanol–water partition coefficient (Wildman–Crippen LogP) is 2.71. The van der Waals surface area contributed by atoms with E-state index in [4.69, 9.17) is 5.26 Å². The van der Waals surface area contributed by atoms with E-state index in [-0.39, 0.29) is 18.6 Å². The number of benzene rings is 1. The molecule has 0 amide bonds. The molecule has 2 rings (SSSR count). The van der Waals surface area contributed by atoms with Crippen molar-refractivity contribution in [3.8, 4) is 6.07 Å². The molecule has 4 heteroatoms. The van der Waals surface area contributed by atoms with Crippen LogP contribution < -0.4 is 0 Å². The number of halogens is 2. The van der Waals surface area contributed by atoms with Gasteiger partial charge in [-0.15, -0.1) is 0 Å². The maximum atomic E-state index is 13.6. The van der Waals surface area contributed by atoms with Gasteiger partial charge in [0.05, 0.1) is 11.5 Å². The van der Waals surface area contributed by atoms with Gasteiger partial charge in [-0.1, -0.05) is 22.0 Å². The highest BCUT2D eigenvalue weighted by Gasteiger charge is 2.46. The average Bonchev–Trinajstić information content (AvgIpc) is 2.13. The SMILES string of the molecule is N#CC1(c2ccc(Br)cc2F)CC(=O)C1. The maximum absolute atomic E-state index is 13.6. The molecule has 0 atom stereocenters. The van der Waals surface area contributed by atoms with E-state index >= 15 is 0 Å². The van der Waals surface area contributed by atoms with Crippen LogP contribution in [-0.4, -0.2) is 5.78 Å². The molecule has 0 aliphatic heterocycles. The summed E-state index contributed by atoms with van der Waals surface area (Å²) in [7, 11) is 0. The van der Waals surface area contributed by atoms with Crippen LogP contribution in [0.15, 0.2) is 22.7 Å². The molecule has 1 aliphatic carbocycles. The Morgan fingerprint density at radius 1 is 1.47 bits per heavy atom. The molecular formula is C11H7BrFNO. The number of carbonyl (C=O) groups is 1. The van der Waals surface area contributed by atoms with Crippen molar-refractivity contribution in [2.24, 2.45) is 0 Å². The Balaban J connectivity index is 2.46. The monoisotopic (exact) mass is 267 g/mol. The summed E-state index contributed by atoms with van der Waals surface area (Å²) in [5, 5.41) is 9.02. The first-order chi connectivity index (χ1) is 7.07. The Kier molecular flexibility index (Phi) is 2.35. The van der Waals surface area contributed by atoms with E-state index in [0.717, 1.165) is 0 Å². The van der Waals surface area contributed by atoms with Crippen LogP contribution in [0.1, 0.15) is 18.4 Å². The second-order valence-electron chi connectivity index (χ2n) is 3.71. The molecule has 1 aromatic rings. The number of hydrogen-bond donors (Lipinski definition) is 0. The third-order valence-corrected chi connectivity index (χ3v) is 3.15. The van der Waals surface area contributed by atoms with Crippen molar-refractivity contribution in [3.63, 3.8) is 0 Å². The summed E-state index contributed by atoms with van der Waals surface area (Å²) in [5.41, 5.74) is -0.602. The Morgan fingerprint density at radius 3 is 2.60 bits per heavy atom.